The lowest BCUT2D eigenvalue weighted by atomic mass is 9.91. The van der Waals surface area contributed by atoms with Crippen LogP contribution < -0.4 is 5.73 Å². The van der Waals surface area contributed by atoms with Crippen LogP contribution in [0.2, 0.25) is 0 Å². The van der Waals surface area contributed by atoms with Crippen molar-refractivity contribution >= 4 is 5.97 Å². The Morgan fingerprint density at radius 1 is 1.44 bits per heavy atom. The third kappa shape index (κ3) is 4.88. The molecule has 0 aromatic heterocycles. The van der Waals surface area contributed by atoms with Crippen molar-refractivity contribution in [3.8, 4) is 0 Å². The highest BCUT2D eigenvalue weighted by atomic mass is 16.4. The fraction of sp³-hybridized carbons (Fsp3) is 0.533. The van der Waals surface area contributed by atoms with Crippen LogP contribution in [0.1, 0.15) is 30.9 Å². The highest BCUT2D eigenvalue weighted by molar-refractivity contribution is 5.70. The molecule has 0 saturated heterocycles. The van der Waals surface area contributed by atoms with Gasteiger partial charge in [-0.3, -0.25) is 4.79 Å². The standard InChI is InChI=1S/C15H23NO2/c1-11-4-3-5-13(8-11)7-6-12(2)9-14(10-16)15(17)18/h3-5,8,12,14H,6-7,9-10,16H2,1-2H3,(H,17,18). The van der Waals surface area contributed by atoms with E-state index in [1.165, 1.54) is 11.1 Å². The number of aliphatic carboxylic acids is 1. The van der Waals surface area contributed by atoms with Gasteiger partial charge >= 0.3 is 5.97 Å². The number of rotatable bonds is 7. The summed E-state index contributed by atoms with van der Waals surface area (Å²) in [6.07, 6.45) is 2.67. The van der Waals surface area contributed by atoms with Crippen LogP contribution in [0.3, 0.4) is 0 Å². The number of nitrogens with two attached hydrogens (primary N) is 1. The molecule has 3 N–H and O–H groups in total. The van der Waals surface area contributed by atoms with Crippen LogP contribution in [0.4, 0.5) is 0 Å². The monoisotopic (exact) mass is 249 g/mol. The molecule has 100 valence electrons. The molecule has 0 fully saturated rings. The maximum Gasteiger partial charge on any atom is 0.307 e. The number of carbonyl (C=O) groups is 1. The lowest BCUT2D eigenvalue weighted by Gasteiger charge is -2.16. The molecule has 0 aliphatic heterocycles. The Kier molecular flexibility index (Phi) is 5.86. The van der Waals surface area contributed by atoms with Crippen molar-refractivity contribution in [2.24, 2.45) is 17.6 Å². The molecule has 18 heavy (non-hydrogen) atoms. The number of aryl methyl sites for hydroxylation is 2. The predicted molar refractivity (Wildman–Crippen MR) is 73.5 cm³/mol. The summed E-state index contributed by atoms with van der Waals surface area (Å²) < 4.78 is 0. The second-order valence-electron chi connectivity index (χ2n) is 5.14. The maximum absolute atomic E-state index is 10.9. The van der Waals surface area contributed by atoms with Gasteiger partial charge in [-0.15, -0.1) is 0 Å². The molecule has 0 aliphatic rings. The van der Waals surface area contributed by atoms with Crippen molar-refractivity contribution in [2.75, 3.05) is 6.54 Å². The van der Waals surface area contributed by atoms with Crippen molar-refractivity contribution < 1.29 is 9.90 Å². The fourth-order valence-corrected chi connectivity index (χ4v) is 2.18. The quantitative estimate of drug-likeness (QED) is 0.780. The molecule has 0 spiro atoms. The summed E-state index contributed by atoms with van der Waals surface area (Å²) in [7, 11) is 0. The van der Waals surface area contributed by atoms with Gasteiger partial charge in [0.2, 0.25) is 0 Å². The summed E-state index contributed by atoms with van der Waals surface area (Å²) >= 11 is 0. The molecular formula is C15H23NO2. The van der Waals surface area contributed by atoms with E-state index in [-0.39, 0.29) is 6.54 Å². The zero-order valence-corrected chi connectivity index (χ0v) is 11.2. The summed E-state index contributed by atoms with van der Waals surface area (Å²) in [6.45, 7) is 4.41. The SMILES string of the molecule is Cc1cccc(CCC(C)CC(CN)C(=O)O)c1. The highest BCUT2D eigenvalue weighted by Crippen LogP contribution is 2.18. The lowest BCUT2D eigenvalue weighted by Crippen LogP contribution is -2.25. The van der Waals surface area contributed by atoms with Crippen molar-refractivity contribution in [2.45, 2.75) is 33.1 Å². The minimum atomic E-state index is -0.778. The lowest BCUT2D eigenvalue weighted by molar-refractivity contribution is -0.141. The van der Waals surface area contributed by atoms with E-state index in [1.54, 1.807) is 0 Å². The van der Waals surface area contributed by atoms with E-state index in [9.17, 15) is 4.79 Å². The van der Waals surface area contributed by atoms with E-state index in [0.717, 1.165) is 12.8 Å². The van der Waals surface area contributed by atoms with Crippen molar-refractivity contribution in [1.29, 1.82) is 0 Å². The third-order valence-corrected chi connectivity index (χ3v) is 3.33. The van der Waals surface area contributed by atoms with Crippen LogP contribution in [0.5, 0.6) is 0 Å². The van der Waals surface area contributed by atoms with Gasteiger partial charge in [0, 0.05) is 6.54 Å². The first-order chi connectivity index (χ1) is 8.52. The molecule has 0 saturated carbocycles. The van der Waals surface area contributed by atoms with Crippen LogP contribution >= 0.6 is 0 Å². The normalized spacial score (nSPS) is 14.2. The smallest absolute Gasteiger partial charge is 0.307 e. The first kappa shape index (κ1) is 14.7. The molecule has 0 bridgehead atoms. The summed E-state index contributed by atoms with van der Waals surface area (Å²) in [5.74, 6) is -0.799. The molecule has 1 aromatic rings. The van der Waals surface area contributed by atoms with Gasteiger partial charge in [-0.1, -0.05) is 36.8 Å². The Hall–Kier alpha value is -1.35. The first-order valence-electron chi connectivity index (χ1n) is 6.51. The van der Waals surface area contributed by atoms with Crippen LogP contribution in [0.25, 0.3) is 0 Å². The number of benzene rings is 1. The van der Waals surface area contributed by atoms with Gasteiger partial charge in [0.1, 0.15) is 0 Å². The zero-order chi connectivity index (χ0) is 13.5. The Labute approximate surface area is 109 Å². The van der Waals surface area contributed by atoms with E-state index < -0.39 is 11.9 Å². The minimum Gasteiger partial charge on any atom is -0.481 e. The molecule has 3 heteroatoms. The molecule has 1 aromatic carbocycles. The molecule has 0 aliphatic carbocycles. The first-order valence-corrected chi connectivity index (χ1v) is 6.51. The number of carboxylic acid groups (broad SMARTS) is 1. The Bertz CT molecular complexity index is 390. The average Bonchev–Trinajstić information content (AvgIpc) is 2.33. The van der Waals surface area contributed by atoms with Gasteiger partial charge < -0.3 is 10.8 Å². The van der Waals surface area contributed by atoms with E-state index in [1.807, 2.05) is 0 Å². The van der Waals surface area contributed by atoms with Gasteiger partial charge in [0.25, 0.3) is 0 Å². The van der Waals surface area contributed by atoms with Crippen molar-refractivity contribution in [1.82, 2.24) is 0 Å². The number of hydrogen-bond donors (Lipinski definition) is 2. The van der Waals surface area contributed by atoms with Gasteiger partial charge in [-0.2, -0.15) is 0 Å². The molecular weight excluding hydrogens is 226 g/mol. The van der Waals surface area contributed by atoms with Crippen LogP contribution in [0, 0.1) is 18.8 Å². The second-order valence-corrected chi connectivity index (χ2v) is 5.14. The largest absolute Gasteiger partial charge is 0.481 e. The maximum atomic E-state index is 10.9. The van der Waals surface area contributed by atoms with Crippen LogP contribution in [-0.4, -0.2) is 17.6 Å². The topological polar surface area (TPSA) is 63.3 Å². The van der Waals surface area contributed by atoms with Crippen molar-refractivity contribution in [3.05, 3.63) is 35.4 Å². The molecule has 3 nitrogen and oxygen atoms in total. The highest BCUT2D eigenvalue weighted by Gasteiger charge is 2.18. The Morgan fingerprint density at radius 3 is 2.72 bits per heavy atom. The van der Waals surface area contributed by atoms with Crippen molar-refractivity contribution in [3.63, 3.8) is 0 Å². The fourth-order valence-electron chi connectivity index (χ4n) is 2.18. The van der Waals surface area contributed by atoms with Gasteiger partial charge in [0.05, 0.1) is 5.92 Å². The van der Waals surface area contributed by atoms with Crippen LogP contribution in [0.15, 0.2) is 24.3 Å². The van der Waals surface area contributed by atoms with Crippen LogP contribution in [-0.2, 0) is 11.2 Å². The van der Waals surface area contributed by atoms with E-state index in [4.69, 9.17) is 10.8 Å². The molecule has 0 amide bonds. The van der Waals surface area contributed by atoms with E-state index in [0.29, 0.717) is 12.3 Å². The summed E-state index contributed by atoms with van der Waals surface area (Å²) in [6, 6.07) is 8.46. The molecule has 0 heterocycles. The molecule has 2 atom stereocenters. The van der Waals surface area contributed by atoms with Gasteiger partial charge in [-0.25, -0.2) is 0 Å². The Balaban J connectivity index is 2.41. The van der Waals surface area contributed by atoms with E-state index in [2.05, 4.69) is 38.1 Å². The van der Waals surface area contributed by atoms with Gasteiger partial charge in [0.15, 0.2) is 0 Å². The van der Waals surface area contributed by atoms with E-state index >= 15 is 0 Å². The molecule has 2 unspecified atom stereocenters. The summed E-state index contributed by atoms with van der Waals surface area (Å²) in [5.41, 5.74) is 8.06. The zero-order valence-electron chi connectivity index (χ0n) is 11.2. The number of carboxylic acids is 1. The Morgan fingerprint density at radius 2 is 2.17 bits per heavy atom. The molecule has 0 radical (unpaired) electrons. The van der Waals surface area contributed by atoms with Gasteiger partial charge in [-0.05, 0) is 37.7 Å². The predicted octanol–water partition coefficient (Wildman–Crippen LogP) is 2.61. The minimum absolute atomic E-state index is 0.226. The summed E-state index contributed by atoms with van der Waals surface area (Å²) in [4.78, 5) is 10.9. The average molecular weight is 249 g/mol. The summed E-state index contributed by atoms with van der Waals surface area (Å²) in [5, 5.41) is 8.96. The number of hydrogen-bond acceptors (Lipinski definition) is 2. The third-order valence-electron chi connectivity index (χ3n) is 3.33. The molecule has 1 rings (SSSR count). The second kappa shape index (κ2) is 7.17.